The fourth-order valence-corrected chi connectivity index (χ4v) is 4.51. The first-order valence-corrected chi connectivity index (χ1v) is 11.5. The number of hydrogen-bond donors (Lipinski definition) is 1. The van der Waals surface area contributed by atoms with E-state index in [4.69, 9.17) is 13.9 Å². The number of carbonyl (C=O) groups excluding carboxylic acids is 1. The fourth-order valence-electron chi connectivity index (χ4n) is 4.51. The van der Waals surface area contributed by atoms with Gasteiger partial charge in [0.1, 0.15) is 11.3 Å². The molecule has 1 atom stereocenters. The average molecular weight is 457 g/mol. The number of furan rings is 1. The minimum absolute atomic E-state index is 0.173. The molecule has 1 amide bonds. The summed E-state index contributed by atoms with van der Waals surface area (Å²) in [5, 5.41) is 4.03. The van der Waals surface area contributed by atoms with Gasteiger partial charge in [-0.3, -0.25) is 9.69 Å². The van der Waals surface area contributed by atoms with Crippen LogP contribution in [0, 0.1) is 6.92 Å². The standard InChI is InChI=1S/C28H28N2O4/c1-19-11-13-20(14-12-19)28(31)29-25-21-7-3-6-10-24(21)34-27(25)26(30-15-17-33-18-16-30)22-8-4-5-9-23(22)32-2/h3-14,26H,15-18H2,1-2H3,(H,29,31)/t26-/m1/s1. The number of fused-ring (bicyclic) bond motifs is 1. The normalized spacial score (nSPS) is 15.2. The van der Waals surface area contributed by atoms with E-state index in [0.29, 0.717) is 30.2 Å². The number of aryl methyl sites for hydroxylation is 1. The zero-order valence-corrected chi connectivity index (χ0v) is 19.4. The maximum Gasteiger partial charge on any atom is 0.255 e. The highest BCUT2D eigenvalue weighted by molar-refractivity contribution is 6.09. The Hall–Kier alpha value is -3.61. The molecule has 3 aromatic carbocycles. The smallest absolute Gasteiger partial charge is 0.255 e. The molecule has 0 spiro atoms. The largest absolute Gasteiger partial charge is 0.496 e. The minimum atomic E-state index is -0.249. The third-order valence-electron chi connectivity index (χ3n) is 6.27. The first-order valence-electron chi connectivity index (χ1n) is 11.5. The van der Waals surface area contributed by atoms with E-state index < -0.39 is 0 Å². The lowest BCUT2D eigenvalue weighted by Crippen LogP contribution is -2.39. The molecule has 5 rings (SSSR count). The number of hydrogen-bond acceptors (Lipinski definition) is 5. The molecule has 1 N–H and O–H groups in total. The van der Waals surface area contributed by atoms with Crippen molar-refractivity contribution >= 4 is 22.6 Å². The van der Waals surface area contributed by atoms with Gasteiger partial charge in [0.2, 0.25) is 0 Å². The molecule has 0 bridgehead atoms. The molecule has 1 saturated heterocycles. The van der Waals surface area contributed by atoms with Crippen LogP contribution >= 0.6 is 0 Å². The van der Waals surface area contributed by atoms with Gasteiger partial charge in [-0.15, -0.1) is 0 Å². The first-order chi connectivity index (χ1) is 16.7. The van der Waals surface area contributed by atoms with Crippen molar-refractivity contribution in [1.82, 2.24) is 4.90 Å². The van der Waals surface area contributed by atoms with Crippen molar-refractivity contribution in [2.24, 2.45) is 0 Å². The summed E-state index contributed by atoms with van der Waals surface area (Å²) < 4.78 is 17.8. The van der Waals surface area contributed by atoms with Gasteiger partial charge in [0.05, 0.1) is 32.1 Å². The van der Waals surface area contributed by atoms with Gasteiger partial charge in [-0.05, 0) is 37.3 Å². The van der Waals surface area contributed by atoms with Crippen LogP contribution in [0.1, 0.15) is 33.3 Å². The van der Waals surface area contributed by atoms with Crippen molar-refractivity contribution in [2.75, 3.05) is 38.7 Å². The van der Waals surface area contributed by atoms with Gasteiger partial charge in [0.25, 0.3) is 5.91 Å². The number of para-hydroxylation sites is 2. The number of rotatable bonds is 6. The molecular formula is C28H28N2O4. The fraction of sp³-hybridized carbons (Fsp3) is 0.250. The number of morpholine rings is 1. The topological polar surface area (TPSA) is 63.9 Å². The molecule has 34 heavy (non-hydrogen) atoms. The predicted molar refractivity (Wildman–Crippen MR) is 133 cm³/mol. The molecule has 6 nitrogen and oxygen atoms in total. The van der Waals surface area contributed by atoms with E-state index in [2.05, 4.69) is 16.3 Å². The van der Waals surface area contributed by atoms with Crippen LogP contribution in [-0.2, 0) is 4.74 Å². The maximum atomic E-state index is 13.3. The van der Waals surface area contributed by atoms with Crippen molar-refractivity contribution in [1.29, 1.82) is 0 Å². The summed E-state index contributed by atoms with van der Waals surface area (Å²) in [6.07, 6.45) is 0. The van der Waals surface area contributed by atoms with Crippen molar-refractivity contribution in [2.45, 2.75) is 13.0 Å². The molecule has 0 radical (unpaired) electrons. The number of anilines is 1. The lowest BCUT2D eigenvalue weighted by atomic mass is 9.99. The van der Waals surface area contributed by atoms with Crippen molar-refractivity contribution in [3.05, 3.63) is 95.2 Å². The van der Waals surface area contributed by atoms with Gasteiger partial charge < -0.3 is 19.2 Å². The summed E-state index contributed by atoms with van der Waals surface area (Å²) in [7, 11) is 1.67. The van der Waals surface area contributed by atoms with Gasteiger partial charge in [0, 0.05) is 29.6 Å². The second kappa shape index (κ2) is 9.71. The number of carbonyl (C=O) groups is 1. The van der Waals surface area contributed by atoms with Crippen LogP contribution in [0.25, 0.3) is 11.0 Å². The summed E-state index contributed by atoms with van der Waals surface area (Å²) in [6.45, 7) is 4.76. The molecule has 1 aliphatic rings. The van der Waals surface area contributed by atoms with Crippen LogP contribution in [0.15, 0.2) is 77.2 Å². The Kier molecular flexibility index (Phi) is 6.34. The molecule has 0 saturated carbocycles. The number of ether oxygens (including phenoxy) is 2. The number of benzene rings is 3. The maximum absolute atomic E-state index is 13.3. The average Bonchev–Trinajstić information content (AvgIpc) is 3.23. The third-order valence-corrected chi connectivity index (χ3v) is 6.27. The summed E-state index contributed by atoms with van der Waals surface area (Å²) in [6, 6.07) is 23.1. The van der Waals surface area contributed by atoms with Crippen LogP contribution < -0.4 is 10.1 Å². The van der Waals surface area contributed by atoms with Crippen LogP contribution in [0.3, 0.4) is 0 Å². The first kappa shape index (κ1) is 22.2. The van der Waals surface area contributed by atoms with Crippen LogP contribution in [0.2, 0.25) is 0 Å². The monoisotopic (exact) mass is 456 g/mol. The molecular weight excluding hydrogens is 428 g/mol. The summed E-state index contributed by atoms with van der Waals surface area (Å²) in [4.78, 5) is 15.6. The molecule has 0 aliphatic carbocycles. The van der Waals surface area contributed by atoms with E-state index in [1.54, 1.807) is 7.11 Å². The zero-order valence-electron chi connectivity index (χ0n) is 19.4. The van der Waals surface area contributed by atoms with Crippen LogP contribution in [0.4, 0.5) is 5.69 Å². The summed E-state index contributed by atoms with van der Waals surface area (Å²) in [5.41, 5.74) is 4.10. The van der Waals surface area contributed by atoms with Gasteiger partial charge in [-0.2, -0.15) is 0 Å². The van der Waals surface area contributed by atoms with Crippen molar-refractivity contribution in [3.8, 4) is 5.75 Å². The van der Waals surface area contributed by atoms with Gasteiger partial charge in [-0.1, -0.05) is 48.0 Å². The molecule has 1 fully saturated rings. The van der Waals surface area contributed by atoms with Crippen molar-refractivity contribution in [3.63, 3.8) is 0 Å². The van der Waals surface area contributed by atoms with Crippen LogP contribution in [-0.4, -0.2) is 44.2 Å². The Morgan fingerprint density at radius 2 is 1.68 bits per heavy atom. The second-order valence-electron chi connectivity index (χ2n) is 8.45. The summed E-state index contributed by atoms with van der Waals surface area (Å²) in [5.74, 6) is 1.29. The van der Waals surface area contributed by atoms with Gasteiger partial charge >= 0.3 is 0 Å². The van der Waals surface area contributed by atoms with E-state index in [0.717, 1.165) is 40.9 Å². The quantitative estimate of drug-likeness (QED) is 0.420. The molecule has 174 valence electrons. The molecule has 0 unspecified atom stereocenters. The number of methoxy groups -OCH3 is 1. The lowest BCUT2D eigenvalue weighted by Gasteiger charge is -2.34. The summed E-state index contributed by atoms with van der Waals surface area (Å²) >= 11 is 0. The number of nitrogens with one attached hydrogen (secondary N) is 1. The molecule has 1 aromatic heterocycles. The van der Waals surface area contributed by atoms with E-state index in [1.807, 2.05) is 73.7 Å². The minimum Gasteiger partial charge on any atom is -0.496 e. The Balaban J connectivity index is 1.65. The van der Waals surface area contributed by atoms with E-state index in [-0.39, 0.29) is 11.9 Å². The zero-order chi connectivity index (χ0) is 23.5. The molecule has 2 heterocycles. The third kappa shape index (κ3) is 4.30. The highest BCUT2D eigenvalue weighted by Gasteiger charge is 2.33. The Labute approximate surface area is 199 Å². The van der Waals surface area contributed by atoms with Crippen LogP contribution in [0.5, 0.6) is 5.75 Å². The van der Waals surface area contributed by atoms with E-state index >= 15 is 0 Å². The second-order valence-corrected chi connectivity index (χ2v) is 8.45. The lowest BCUT2D eigenvalue weighted by molar-refractivity contribution is 0.0202. The number of nitrogens with zero attached hydrogens (tertiary/aromatic N) is 1. The van der Waals surface area contributed by atoms with Gasteiger partial charge in [0.15, 0.2) is 5.76 Å². The number of amides is 1. The SMILES string of the molecule is COc1ccccc1[C@H](c1oc2ccccc2c1NC(=O)c1ccc(C)cc1)N1CCOCC1. The Bertz CT molecular complexity index is 1290. The Morgan fingerprint density at radius 1 is 0.971 bits per heavy atom. The molecule has 1 aliphatic heterocycles. The van der Waals surface area contributed by atoms with E-state index in [9.17, 15) is 4.79 Å². The highest BCUT2D eigenvalue weighted by Crippen LogP contribution is 2.43. The van der Waals surface area contributed by atoms with Gasteiger partial charge in [-0.25, -0.2) is 0 Å². The highest BCUT2D eigenvalue weighted by atomic mass is 16.5. The molecule has 4 aromatic rings. The predicted octanol–water partition coefficient (Wildman–Crippen LogP) is 5.42. The van der Waals surface area contributed by atoms with E-state index in [1.165, 1.54) is 0 Å². The molecule has 6 heteroatoms. The van der Waals surface area contributed by atoms with Crippen molar-refractivity contribution < 1.29 is 18.7 Å². The Morgan fingerprint density at radius 3 is 2.44 bits per heavy atom.